The highest BCUT2D eigenvalue weighted by atomic mass is 16.5. The second kappa shape index (κ2) is 7.91. The third-order valence-corrected chi connectivity index (χ3v) is 5.89. The maximum absolute atomic E-state index is 13.1. The van der Waals surface area contributed by atoms with Crippen molar-refractivity contribution in [1.82, 2.24) is 14.8 Å². The number of piperazine rings is 1. The van der Waals surface area contributed by atoms with Gasteiger partial charge in [-0.1, -0.05) is 6.07 Å². The zero-order valence-electron chi connectivity index (χ0n) is 17.1. The van der Waals surface area contributed by atoms with Gasteiger partial charge in [0.05, 0.1) is 14.2 Å². The molecule has 3 aliphatic rings. The number of nitrogens with zero attached hydrogens (tertiary/aromatic N) is 2. The summed E-state index contributed by atoms with van der Waals surface area (Å²) in [5, 5.41) is 3.42. The Balaban J connectivity index is 1.52. The van der Waals surface area contributed by atoms with Gasteiger partial charge in [0.2, 0.25) is 0 Å². The van der Waals surface area contributed by atoms with Gasteiger partial charge in [0.1, 0.15) is 5.56 Å². The predicted molar refractivity (Wildman–Crippen MR) is 110 cm³/mol. The van der Waals surface area contributed by atoms with E-state index in [0.29, 0.717) is 55.2 Å². The topological polar surface area (TPSA) is 72.8 Å². The summed E-state index contributed by atoms with van der Waals surface area (Å²) in [6.45, 7) is 3.67. The number of fused-ring (bicyclic) bond motifs is 2. The smallest absolute Gasteiger partial charge is 0.263 e. The van der Waals surface area contributed by atoms with E-state index in [4.69, 9.17) is 9.47 Å². The average Bonchev–Trinajstić information content (AvgIpc) is 2.72. The molecule has 2 unspecified atom stereocenters. The van der Waals surface area contributed by atoms with Crippen LogP contribution in [-0.2, 0) is 13.0 Å². The molecular weight excluding hydrogens is 370 g/mol. The molecule has 0 spiro atoms. The molecule has 2 atom stereocenters. The summed E-state index contributed by atoms with van der Waals surface area (Å²) in [7, 11) is 3.20. The number of hydrogen-bond donors (Lipinski definition) is 1. The predicted octanol–water partition coefficient (Wildman–Crippen LogP) is 1.60. The van der Waals surface area contributed by atoms with Crippen molar-refractivity contribution in [2.45, 2.75) is 38.4 Å². The normalized spacial score (nSPS) is 20.2. The highest BCUT2D eigenvalue weighted by molar-refractivity contribution is 5.95. The van der Waals surface area contributed by atoms with Gasteiger partial charge in [-0.3, -0.25) is 9.59 Å². The molecule has 3 aliphatic heterocycles. The molecule has 1 N–H and O–H groups in total. The summed E-state index contributed by atoms with van der Waals surface area (Å²) in [6, 6.07) is 8.32. The molecule has 29 heavy (non-hydrogen) atoms. The quantitative estimate of drug-likeness (QED) is 0.802. The Labute approximate surface area is 170 Å². The van der Waals surface area contributed by atoms with E-state index >= 15 is 0 Å². The second-order valence-corrected chi connectivity index (χ2v) is 7.82. The van der Waals surface area contributed by atoms with Crippen LogP contribution in [0.4, 0.5) is 0 Å². The lowest BCUT2D eigenvalue weighted by molar-refractivity contribution is 0.0471. The van der Waals surface area contributed by atoms with Crippen LogP contribution in [0.25, 0.3) is 0 Å². The lowest BCUT2D eigenvalue weighted by atomic mass is 9.91. The molecular formula is C22H27N3O4. The summed E-state index contributed by atoms with van der Waals surface area (Å²) in [4.78, 5) is 27.9. The molecule has 3 saturated heterocycles. The number of amides is 1. The van der Waals surface area contributed by atoms with Crippen LogP contribution in [0.3, 0.4) is 0 Å². The number of carbonyl (C=O) groups is 1. The first-order valence-corrected chi connectivity index (χ1v) is 9.96. The molecule has 0 aliphatic carbocycles. The first kappa shape index (κ1) is 19.5. The minimum Gasteiger partial charge on any atom is -0.493 e. The number of aryl methyl sites for hydroxylation is 3. The first-order chi connectivity index (χ1) is 14.0. The zero-order valence-corrected chi connectivity index (χ0v) is 17.1. The van der Waals surface area contributed by atoms with Crippen LogP contribution >= 0.6 is 0 Å². The van der Waals surface area contributed by atoms with Crippen LogP contribution in [0.1, 0.15) is 27.9 Å². The van der Waals surface area contributed by atoms with Gasteiger partial charge in [0, 0.05) is 37.9 Å². The molecule has 7 nitrogen and oxygen atoms in total. The van der Waals surface area contributed by atoms with Gasteiger partial charge in [-0.25, -0.2) is 0 Å². The summed E-state index contributed by atoms with van der Waals surface area (Å²) in [5.74, 6) is 1.18. The van der Waals surface area contributed by atoms with Gasteiger partial charge >= 0.3 is 0 Å². The van der Waals surface area contributed by atoms with E-state index in [1.54, 1.807) is 25.0 Å². The zero-order chi connectivity index (χ0) is 20.5. The number of hydrogen-bond acceptors (Lipinski definition) is 5. The van der Waals surface area contributed by atoms with E-state index in [9.17, 15) is 9.59 Å². The molecule has 2 bridgehead atoms. The van der Waals surface area contributed by atoms with Gasteiger partial charge in [-0.2, -0.15) is 0 Å². The molecule has 2 aromatic rings. The van der Waals surface area contributed by atoms with E-state index in [-0.39, 0.29) is 11.5 Å². The van der Waals surface area contributed by atoms with Crippen molar-refractivity contribution in [3.63, 3.8) is 0 Å². The number of pyridine rings is 1. The van der Waals surface area contributed by atoms with Crippen LogP contribution in [-0.4, -0.2) is 54.8 Å². The van der Waals surface area contributed by atoms with Gasteiger partial charge in [0.15, 0.2) is 11.5 Å². The third-order valence-electron chi connectivity index (χ3n) is 5.89. The summed E-state index contributed by atoms with van der Waals surface area (Å²) < 4.78 is 12.2. The lowest BCUT2D eigenvalue weighted by Gasteiger charge is -2.48. The molecule has 0 radical (unpaired) electrons. The number of methoxy groups -OCH3 is 2. The highest BCUT2D eigenvalue weighted by Gasteiger charge is 2.39. The van der Waals surface area contributed by atoms with Crippen molar-refractivity contribution in [3.05, 3.63) is 57.5 Å². The Bertz CT molecular complexity index is 969. The second-order valence-electron chi connectivity index (χ2n) is 7.82. The minimum absolute atomic E-state index is 0.149. The Hall–Kier alpha value is -2.80. The van der Waals surface area contributed by atoms with Crippen LogP contribution in [0.5, 0.6) is 11.5 Å². The monoisotopic (exact) mass is 397 g/mol. The number of piperidine rings is 1. The molecule has 1 aromatic heterocycles. The van der Waals surface area contributed by atoms with Crippen molar-refractivity contribution >= 4 is 5.91 Å². The van der Waals surface area contributed by atoms with Crippen molar-refractivity contribution < 1.29 is 14.3 Å². The molecule has 1 amide bonds. The standard InChI is InChI=1S/C22H27N3O4/c1-14-6-8-24(9-7-15-4-5-18(28-2)19(10-15)29-3)21(26)20(14)22(27)25-12-16-11-17(13-25)23-16/h4-6,8,10,16-17,23H,7,9,11-13H2,1-3H3. The fraction of sp³-hybridized carbons (Fsp3) is 0.455. The van der Waals surface area contributed by atoms with E-state index in [1.807, 2.05) is 36.1 Å². The number of rotatable bonds is 6. The fourth-order valence-corrected chi connectivity index (χ4v) is 4.22. The summed E-state index contributed by atoms with van der Waals surface area (Å²) in [6.07, 6.45) is 3.53. The lowest BCUT2D eigenvalue weighted by Crippen LogP contribution is -2.67. The fourth-order valence-electron chi connectivity index (χ4n) is 4.22. The summed E-state index contributed by atoms with van der Waals surface area (Å²) in [5.41, 5.74) is 1.84. The Morgan fingerprint density at radius 3 is 2.48 bits per heavy atom. The maximum atomic E-state index is 13.1. The van der Waals surface area contributed by atoms with Crippen molar-refractivity contribution in [2.75, 3.05) is 27.3 Å². The van der Waals surface area contributed by atoms with Crippen molar-refractivity contribution in [2.24, 2.45) is 0 Å². The van der Waals surface area contributed by atoms with Gasteiger partial charge in [-0.05, 0) is 49.1 Å². The van der Waals surface area contributed by atoms with Gasteiger partial charge in [-0.15, -0.1) is 0 Å². The molecule has 154 valence electrons. The van der Waals surface area contributed by atoms with E-state index < -0.39 is 0 Å². The minimum atomic E-state index is -0.220. The number of nitrogens with one attached hydrogen (secondary N) is 1. The first-order valence-electron chi connectivity index (χ1n) is 9.96. The van der Waals surface area contributed by atoms with Crippen LogP contribution in [0.15, 0.2) is 35.3 Å². The van der Waals surface area contributed by atoms with Crippen LogP contribution in [0, 0.1) is 6.92 Å². The highest BCUT2D eigenvalue weighted by Crippen LogP contribution is 2.28. The Morgan fingerprint density at radius 2 is 1.83 bits per heavy atom. The molecule has 0 saturated carbocycles. The van der Waals surface area contributed by atoms with Crippen LogP contribution in [0.2, 0.25) is 0 Å². The van der Waals surface area contributed by atoms with Gasteiger partial charge in [0.25, 0.3) is 11.5 Å². The molecule has 4 heterocycles. The van der Waals surface area contributed by atoms with E-state index in [1.165, 1.54) is 0 Å². The van der Waals surface area contributed by atoms with Crippen molar-refractivity contribution in [1.29, 1.82) is 0 Å². The van der Waals surface area contributed by atoms with Crippen LogP contribution < -0.4 is 20.3 Å². The Kier molecular flexibility index (Phi) is 5.32. The molecule has 1 aromatic carbocycles. The largest absolute Gasteiger partial charge is 0.493 e. The molecule has 7 heteroatoms. The number of benzene rings is 1. The third kappa shape index (κ3) is 3.74. The average molecular weight is 397 g/mol. The number of ether oxygens (including phenoxy) is 2. The number of aromatic nitrogens is 1. The number of carbonyl (C=O) groups excluding carboxylic acids is 1. The van der Waals surface area contributed by atoms with E-state index in [0.717, 1.165) is 17.5 Å². The van der Waals surface area contributed by atoms with Crippen molar-refractivity contribution in [3.8, 4) is 11.5 Å². The molecule has 3 fully saturated rings. The van der Waals surface area contributed by atoms with E-state index in [2.05, 4.69) is 5.32 Å². The maximum Gasteiger partial charge on any atom is 0.263 e. The van der Waals surface area contributed by atoms with Gasteiger partial charge < -0.3 is 24.3 Å². The molecule has 5 rings (SSSR count). The summed E-state index contributed by atoms with van der Waals surface area (Å²) >= 11 is 0. The SMILES string of the molecule is COc1ccc(CCn2ccc(C)c(C(=O)N3CC4CC(C3)N4)c2=O)cc1OC. The Morgan fingerprint density at radius 1 is 1.14 bits per heavy atom.